The Hall–Kier alpha value is -2.16. The van der Waals surface area contributed by atoms with Gasteiger partial charge in [-0.15, -0.1) is 28.1 Å². The summed E-state index contributed by atoms with van der Waals surface area (Å²) < 4.78 is 15.3. The first kappa shape index (κ1) is 22.0. The van der Waals surface area contributed by atoms with Crippen molar-refractivity contribution in [2.45, 2.75) is 37.9 Å². The zero-order chi connectivity index (χ0) is 22.0. The number of nitrogens with zero attached hydrogens (tertiary/aromatic N) is 3. The van der Waals surface area contributed by atoms with Crippen LogP contribution in [0.25, 0.3) is 11.4 Å². The van der Waals surface area contributed by atoms with Crippen molar-refractivity contribution in [2.24, 2.45) is 5.92 Å². The molecule has 1 unspecified atom stereocenters. The third-order valence-electron chi connectivity index (χ3n) is 5.21. The molecule has 1 atom stereocenters. The smallest absolute Gasteiger partial charge is 0.234 e. The summed E-state index contributed by atoms with van der Waals surface area (Å²) >= 11 is 8.87. The van der Waals surface area contributed by atoms with Crippen LogP contribution in [0.1, 0.15) is 23.8 Å². The molecule has 162 valence electrons. The van der Waals surface area contributed by atoms with Gasteiger partial charge in [-0.05, 0) is 48.9 Å². The number of anilines is 1. The molecule has 31 heavy (non-hydrogen) atoms. The van der Waals surface area contributed by atoms with Crippen LogP contribution in [0.15, 0.2) is 41.4 Å². The molecule has 0 aliphatic heterocycles. The number of aromatic nitrogens is 3. The van der Waals surface area contributed by atoms with Gasteiger partial charge in [-0.1, -0.05) is 36.4 Å². The molecule has 1 N–H and O–H groups in total. The Morgan fingerprint density at radius 3 is 3.10 bits per heavy atom. The molecular formula is C22H22ClFN4OS2. The number of carbonyl (C=O) groups is 1. The third kappa shape index (κ3) is 4.86. The number of hydrogen-bond donors (Lipinski definition) is 1. The van der Waals surface area contributed by atoms with Gasteiger partial charge in [0.25, 0.3) is 0 Å². The Bertz CT molecular complexity index is 1130. The van der Waals surface area contributed by atoms with E-state index in [9.17, 15) is 9.18 Å². The fraction of sp³-hybridized carbons (Fsp3) is 0.318. The number of halogens is 2. The van der Waals surface area contributed by atoms with E-state index in [0.29, 0.717) is 23.3 Å². The normalized spacial score (nSPS) is 15.5. The number of thioether (sulfide) groups is 1. The maximum absolute atomic E-state index is 13.3. The number of thiophene rings is 1. The minimum absolute atomic E-state index is 0.0330. The summed E-state index contributed by atoms with van der Waals surface area (Å²) in [5.74, 6) is 0.920. The minimum Gasteiger partial charge on any atom is -0.325 e. The van der Waals surface area contributed by atoms with Gasteiger partial charge in [-0.3, -0.25) is 9.36 Å². The molecule has 0 radical (unpaired) electrons. The highest BCUT2D eigenvalue weighted by Crippen LogP contribution is 2.38. The summed E-state index contributed by atoms with van der Waals surface area (Å²) in [7, 11) is 0. The van der Waals surface area contributed by atoms with Crippen LogP contribution in [0.4, 0.5) is 10.1 Å². The first-order valence-corrected chi connectivity index (χ1v) is 12.2. The van der Waals surface area contributed by atoms with E-state index in [4.69, 9.17) is 11.6 Å². The summed E-state index contributed by atoms with van der Waals surface area (Å²) in [6.45, 7) is 6.71. The summed E-state index contributed by atoms with van der Waals surface area (Å²) in [6.07, 6.45) is 5.16. The van der Waals surface area contributed by atoms with Crippen LogP contribution in [-0.2, 0) is 24.2 Å². The number of benzene rings is 1. The Morgan fingerprint density at radius 1 is 1.48 bits per heavy atom. The van der Waals surface area contributed by atoms with Crippen molar-refractivity contribution in [1.82, 2.24) is 14.8 Å². The van der Waals surface area contributed by atoms with Crippen molar-refractivity contribution >= 4 is 46.3 Å². The number of hydrogen-bond acceptors (Lipinski definition) is 5. The topological polar surface area (TPSA) is 59.8 Å². The van der Waals surface area contributed by atoms with Gasteiger partial charge in [0, 0.05) is 28.1 Å². The molecule has 1 aliphatic rings. The summed E-state index contributed by atoms with van der Waals surface area (Å²) in [6, 6.07) is 4.08. The van der Waals surface area contributed by atoms with E-state index < -0.39 is 5.82 Å². The van der Waals surface area contributed by atoms with Crippen LogP contribution >= 0.6 is 34.7 Å². The molecule has 3 aromatic rings. The van der Waals surface area contributed by atoms with E-state index in [1.807, 2.05) is 4.57 Å². The maximum atomic E-state index is 13.3. The second kappa shape index (κ2) is 9.54. The van der Waals surface area contributed by atoms with Gasteiger partial charge in [0.2, 0.25) is 5.91 Å². The lowest BCUT2D eigenvalue weighted by Crippen LogP contribution is -2.14. The van der Waals surface area contributed by atoms with Crippen molar-refractivity contribution in [2.75, 3.05) is 11.1 Å². The van der Waals surface area contributed by atoms with Crippen LogP contribution in [0.3, 0.4) is 0 Å². The number of rotatable bonds is 7. The lowest BCUT2D eigenvalue weighted by Gasteiger charge is -2.19. The monoisotopic (exact) mass is 476 g/mol. The standard InChI is InChI=1S/C22H22ClFN4OS2/c1-3-8-28-21(16-11-30-19-9-13(2)4-6-15(16)19)26-27-22(28)31-12-20(29)25-14-5-7-18(24)17(23)10-14/h3,5,7,10-11,13H,1,4,6,8-9,12H2,2H3,(H,25,29). The van der Waals surface area contributed by atoms with Crippen molar-refractivity contribution in [3.63, 3.8) is 0 Å². The first-order chi connectivity index (χ1) is 15.0. The number of amides is 1. The highest BCUT2D eigenvalue weighted by atomic mass is 35.5. The van der Waals surface area contributed by atoms with Gasteiger partial charge in [-0.2, -0.15) is 0 Å². The molecule has 0 saturated carbocycles. The lowest BCUT2D eigenvalue weighted by atomic mass is 9.88. The van der Waals surface area contributed by atoms with Crippen LogP contribution < -0.4 is 5.32 Å². The maximum Gasteiger partial charge on any atom is 0.234 e. The predicted octanol–water partition coefficient (Wildman–Crippen LogP) is 5.84. The SMILES string of the molecule is C=CCn1c(SCC(=O)Nc2ccc(F)c(Cl)c2)nnc1-c1csc2c1CCC(C)C2. The van der Waals surface area contributed by atoms with E-state index in [1.54, 1.807) is 17.4 Å². The number of allylic oxidation sites excluding steroid dienone is 1. The molecule has 0 spiro atoms. The molecule has 4 rings (SSSR count). The summed E-state index contributed by atoms with van der Waals surface area (Å²) in [4.78, 5) is 13.8. The largest absolute Gasteiger partial charge is 0.325 e. The third-order valence-corrected chi connectivity index (χ3v) is 7.51. The van der Waals surface area contributed by atoms with E-state index in [-0.39, 0.29) is 16.7 Å². The summed E-state index contributed by atoms with van der Waals surface area (Å²) in [5.41, 5.74) is 2.96. The van der Waals surface area contributed by atoms with E-state index in [1.165, 1.54) is 46.8 Å². The highest BCUT2D eigenvalue weighted by Gasteiger charge is 2.24. The fourth-order valence-corrected chi connectivity index (χ4v) is 5.83. The molecule has 0 saturated heterocycles. The molecule has 1 aromatic carbocycles. The fourth-order valence-electron chi connectivity index (χ4n) is 3.65. The zero-order valence-electron chi connectivity index (χ0n) is 17.0. The van der Waals surface area contributed by atoms with Crippen LogP contribution in [0, 0.1) is 11.7 Å². The Kier molecular flexibility index (Phi) is 6.79. The van der Waals surface area contributed by atoms with Crippen molar-refractivity contribution in [3.05, 3.63) is 57.5 Å². The van der Waals surface area contributed by atoms with E-state index in [2.05, 4.69) is 34.4 Å². The molecule has 2 aromatic heterocycles. The Morgan fingerprint density at radius 2 is 2.32 bits per heavy atom. The summed E-state index contributed by atoms with van der Waals surface area (Å²) in [5, 5.41) is 14.3. The van der Waals surface area contributed by atoms with Gasteiger partial charge in [-0.25, -0.2) is 4.39 Å². The first-order valence-electron chi connectivity index (χ1n) is 9.97. The second-order valence-electron chi connectivity index (χ2n) is 7.57. The molecule has 5 nitrogen and oxygen atoms in total. The Labute approximate surface area is 193 Å². The quantitative estimate of drug-likeness (QED) is 0.343. The second-order valence-corrected chi connectivity index (χ2v) is 9.88. The molecule has 1 aliphatic carbocycles. The van der Waals surface area contributed by atoms with Gasteiger partial charge in [0.05, 0.1) is 10.8 Å². The Balaban J connectivity index is 1.49. The zero-order valence-corrected chi connectivity index (χ0v) is 19.4. The minimum atomic E-state index is -0.524. The lowest BCUT2D eigenvalue weighted by molar-refractivity contribution is -0.113. The van der Waals surface area contributed by atoms with Crippen LogP contribution in [0.5, 0.6) is 0 Å². The van der Waals surface area contributed by atoms with Gasteiger partial charge < -0.3 is 5.32 Å². The molecule has 9 heteroatoms. The highest BCUT2D eigenvalue weighted by molar-refractivity contribution is 7.99. The van der Waals surface area contributed by atoms with Gasteiger partial charge >= 0.3 is 0 Å². The molecule has 1 amide bonds. The van der Waals surface area contributed by atoms with Crippen molar-refractivity contribution in [1.29, 1.82) is 0 Å². The predicted molar refractivity (Wildman–Crippen MR) is 125 cm³/mol. The van der Waals surface area contributed by atoms with E-state index >= 15 is 0 Å². The average Bonchev–Trinajstić information content (AvgIpc) is 3.33. The molecular weight excluding hydrogens is 455 g/mol. The molecule has 2 heterocycles. The number of carbonyl (C=O) groups excluding carboxylic acids is 1. The van der Waals surface area contributed by atoms with Gasteiger partial charge in [0.1, 0.15) is 5.82 Å². The molecule has 0 bridgehead atoms. The van der Waals surface area contributed by atoms with Crippen LogP contribution in [0.2, 0.25) is 5.02 Å². The number of nitrogens with one attached hydrogen (secondary N) is 1. The van der Waals surface area contributed by atoms with Crippen molar-refractivity contribution in [3.8, 4) is 11.4 Å². The van der Waals surface area contributed by atoms with Crippen molar-refractivity contribution < 1.29 is 9.18 Å². The number of fused-ring (bicyclic) bond motifs is 1. The van der Waals surface area contributed by atoms with Gasteiger partial charge in [0.15, 0.2) is 11.0 Å². The van der Waals surface area contributed by atoms with Crippen LogP contribution in [-0.4, -0.2) is 26.4 Å². The average molecular weight is 477 g/mol. The van der Waals surface area contributed by atoms with E-state index in [0.717, 1.165) is 24.2 Å². The molecule has 0 fully saturated rings.